The van der Waals surface area contributed by atoms with Gasteiger partial charge in [0.1, 0.15) is 5.65 Å². The topological polar surface area (TPSA) is 71.9 Å². The number of nitrogens with one attached hydrogen (secondary N) is 2. The Bertz CT molecular complexity index is 1130. The third-order valence-corrected chi connectivity index (χ3v) is 5.50. The molecule has 142 valence electrons. The molecule has 4 aromatic rings. The zero-order valence-corrected chi connectivity index (χ0v) is 15.7. The SMILES string of the molecule is Cn1cc(-c2cc3cccnc3[nH]2)c2cc(CNC(=O)C3CCOC3)ccc21. The van der Waals surface area contributed by atoms with Gasteiger partial charge >= 0.3 is 0 Å². The molecule has 2 N–H and O–H groups in total. The molecule has 0 radical (unpaired) electrons. The van der Waals surface area contributed by atoms with Gasteiger partial charge in [-0.25, -0.2) is 4.98 Å². The van der Waals surface area contributed by atoms with Gasteiger partial charge in [0.2, 0.25) is 5.91 Å². The Labute approximate surface area is 162 Å². The summed E-state index contributed by atoms with van der Waals surface area (Å²) in [4.78, 5) is 20.1. The number of nitrogens with zero attached hydrogens (tertiary/aromatic N) is 2. The van der Waals surface area contributed by atoms with Crippen molar-refractivity contribution in [2.45, 2.75) is 13.0 Å². The summed E-state index contributed by atoms with van der Waals surface area (Å²) in [5.41, 5.74) is 5.30. The molecule has 1 aromatic carbocycles. The molecule has 6 heteroatoms. The van der Waals surface area contributed by atoms with E-state index >= 15 is 0 Å². The van der Waals surface area contributed by atoms with Gasteiger partial charge in [0, 0.05) is 60.1 Å². The lowest BCUT2D eigenvalue weighted by molar-refractivity contribution is -0.125. The fourth-order valence-corrected chi connectivity index (χ4v) is 3.94. The molecule has 1 aliphatic heterocycles. The highest BCUT2D eigenvalue weighted by Crippen LogP contribution is 2.32. The highest BCUT2D eigenvalue weighted by atomic mass is 16.5. The molecular weight excluding hydrogens is 352 g/mol. The summed E-state index contributed by atoms with van der Waals surface area (Å²) in [6.45, 7) is 1.73. The number of rotatable bonds is 4. The lowest BCUT2D eigenvalue weighted by Gasteiger charge is -2.10. The van der Waals surface area contributed by atoms with E-state index in [1.165, 1.54) is 0 Å². The number of amides is 1. The van der Waals surface area contributed by atoms with Crippen molar-refractivity contribution in [2.75, 3.05) is 13.2 Å². The number of fused-ring (bicyclic) bond motifs is 2. The van der Waals surface area contributed by atoms with E-state index in [9.17, 15) is 4.79 Å². The molecule has 1 saturated heterocycles. The molecule has 3 aromatic heterocycles. The number of carbonyl (C=O) groups is 1. The van der Waals surface area contributed by atoms with E-state index in [1.54, 1.807) is 6.20 Å². The summed E-state index contributed by atoms with van der Waals surface area (Å²) in [6.07, 6.45) is 4.73. The van der Waals surface area contributed by atoms with Gasteiger partial charge in [-0.3, -0.25) is 4.79 Å². The highest BCUT2D eigenvalue weighted by molar-refractivity contribution is 5.98. The van der Waals surface area contributed by atoms with Gasteiger partial charge in [0.25, 0.3) is 0 Å². The average Bonchev–Trinajstić information content (AvgIpc) is 3.44. The maximum atomic E-state index is 12.3. The first-order chi connectivity index (χ1) is 13.7. The van der Waals surface area contributed by atoms with Crippen molar-refractivity contribution in [3.63, 3.8) is 0 Å². The third-order valence-electron chi connectivity index (χ3n) is 5.50. The summed E-state index contributed by atoms with van der Waals surface area (Å²) in [7, 11) is 2.05. The zero-order valence-electron chi connectivity index (χ0n) is 15.7. The maximum Gasteiger partial charge on any atom is 0.225 e. The van der Waals surface area contributed by atoms with E-state index in [1.807, 2.05) is 13.1 Å². The largest absolute Gasteiger partial charge is 0.381 e. The molecule has 1 atom stereocenters. The zero-order chi connectivity index (χ0) is 19.1. The molecule has 1 aliphatic rings. The summed E-state index contributed by atoms with van der Waals surface area (Å²) < 4.78 is 7.43. The Morgan fingerprint density at radius 2 is 2.29 bits per heavy atom. The first-order valence-corrected chi connectivity index (χ1v) is 9.56. The van der Waals surface area contributed by atoms with E-state index in [0.717, 1.165) is 45.2 Å². The number of H-pyrrole nitrogens is 1. The lowest BCUT2D eigenvalue weighted by Crippen LogP contribution is -2.30. The van der Waals surface area contributed by atoms with Crippen LogP contribution in [0, 0.1) is 5.92 Å². The summed E-state index contributed by atoms with van der Waals surface area (Å²) in [5, 5.41) is 5.30. The van der Waals surface area contributed by atoms with Crippen LogP contribution in [0.5, 0.6) is 0 Å². The van der Waals surface area contributed by atoms with Crippen LogP contribution in [0.25, 0.3) is 33.2 Å². The second kappa shape index (κ2) is 6.80. The predicted molar refractivity (Wildman–Crippen MR) is 109 cm³/mol. The van der Waals surface area contributed by atoms with E-state index in [2.05, 4.69) is 56.4 Å². The molecule has 1 fully saturated rings. The van der Waals surface area contributed by atoms with E-state index < -0.39 is 0 Å². The third kappa shape index (κ3) is 2.96. The first-order valence-electron chi connectivity index (χ1n) is 9.56. The average molecular weight is 374 g/mol. The Hall–Kier alpha value is -3.12. The minimum absolute atomic E-state index is 0.0186. The van der Waals surface area contributed by atoms with E-state index in [-0.39, 0.29) is 11.8 Å². The van der Waals surface area contributed by atoms with Crippen LogP contribution in [0.15, 0.2) is 48.8 Å². The summed E-state index contributed by atoms with van der Waals surface area (Å²) in [5.74, 6) is 0.0578. The molecule has 1 amide bonds. The van der Waals surface area contributed by atoms with Gasteiger partial charge in [-0.2, -0.15) is 0 Å². The monoisotopic (exact) mass is 374 g/mol. The molecule has 0 aliphatic carbocycles. The predicted octanol–water partition coefficient (Wildman–Crippen LogP) is 3.37. The van der Waals surface area contributed by atoms with Gasteiger partial charge in [-0.15, -0.1) is 0 Å². The van der Waals surface area contributed by atoms with Crippen LogP contribution in [0.2, 0.25) is 0 Å². The minimum atomic E-state index is -0.0186. The van der Waals surface area contributed by atoms with Gasteiger partial charge in [-0.1, -0.05) is 6.07 Å². The van der Waals surface area contributed by atoms with Crippen LogP contribution in [0.3, 0.4) is 0 Å². The second-order valence-electron chi connectivity index (χ2n) is 7.41. The number of aromatic amines is 1. The van der Waals surface area contributed by atoms with Crippen LogP contribution in [-0.4, -0.2) is 33.7 Å². The molecule has 5 rings (SSSR count). The number of benzene rings is 1. The fraction of sp³-hybridized carbons (Fsp3) is 0.273. The van der Waals surface area contributed by atoms with Crippen molar-refractivity contribution < 1.29 is 9.53 Å². The minimum Gasteiger partial charge on any atom is -0.381 e. The molecule has 28 heavy (non-hydrogen) atoms. The van der Waals surface area contributed by atoms with Gasteiger partial charge < -0.3 is 19.6 Å². The number of carbonyl (C=O) groups excluding carboxylic acids is 1. The Kier molecular flexibility index (Phi) is 4.13. The smallest absolute Gasteiger partial charge is 0.225 e. The van der Waals surface area contributed by atoms with Crippen LogP contribution >= 0.6 is 0 Å². The Morgan fingerprint density at radius 3 is 3.11 bits per heavy atom. The van der Waals surface area contributed by atoms with Gasteiger partial charge in [0.15, 0.2) is 0 Å². The molecule has 1 unspecified atom stereocenters. The number of pyridine rings is 1. The molecule has 4 heterocycles. The van der Waals surface area contributed by atoms with Crippen molar-refractivity contribution in [1.82, 2.24) is 19.9 Å². The van der Waals surface area contributed by atoms with Crippen molar-refractivity contribution in [1.29, 1.82) is 0 Å². The summed E-state index contributed by atoms with van der Waals surface area (Å²) >= 11 is 0. The Morgan fingerprint density at radius 1 is 1.36 bits per heavy atom. The lowest BCUT2D eigenvalue weighted by atomic mass is 10.1. The molecule has 6 nitrogen and oxygen atoms in total. The van der Waals surface area contributed by atoms with Crippen molar-refractivity contribution in [2.24, 2.45) is 13.0 Å². The quantitative estimate of drug-likeness (QED) is 0.575. The van der Waals surface area contributed by atoms with Crippen molar-refractivity contribution in [3.05, 3.63) is 54.4 Å². The van der Waals surface area contributed by atoms with Gasteiger partial charge in [-0.05, 0) is 42.3 Å². The first kappa shape index (κ1) is 17.0. The number of ether oxygens (including phenoxy) is 1. The summed E-state index contributed by atoms with van der Waals surface area (Å²) in [6, 6.07) is 12.5. The molecule has 0 spiro atoms. The number of hydrogen-bond acceptors (Lipinski definition) is 3. The van der Waals surface area contributed by atoms with E-state index in [4.69, 9.17) is 4.74 Å². The number of aromatic nitrogens is 3. The van der Waals surface area contributed by atoms with Crippen LogP contribution < -0.4 is 5.32 Å². The number of hydrogen-bond donors (Lipinski definition) is 2. The molecule has 0 saturated carbocycles. The number of aryl methyl sites for hydroxylation is 1. The standard InChI is InChI=1S/C22H22N4O2/c1-26-12-18(19-10-15-3-2-7-23-21(15)25-19)17-9-14(4-5-20(17)26)11-24-22(27)16-6-8-28-13-16/h2-5,7,9-10,12,16H,6,8,11,13H2,1H3,(H,23,25)(H,24,27). The van der Waals surface area contributed by atoms with Gasteiger partial charge in [0.05, 0.1) is 12.5 Å². The molecule has 0 bridgehead atoms. The van der Waals surface area contributed by atoms with Crippen LogP contribution in [-0.2, 0) is 23.1 Å². The second-order valence-corrected chi connectivity index (χ2v) is 7.41. The van der Waals surface area contributed by atoms with Crippen molar-refractivity contribution >= 4 is 27.8 Å². The highest BCUT2D eigenvalue weighted by Gasteiger charge is 2.23. The fourth-order valence-electron chi connectivity index (χ4n) is 3.94. The maximum absolute atomic E-state index is 12.3. The van der Waals surface area contributed by atoms with Crippen molar-refractivity contribution in [3.8, 4) is 11.3 Å². The normalized spacial score (nSPS) is 16.8. The van der Waals surface area contributed by atoms with Crippen LogP contribution in [0.1, 0.15) is 12.0 Å². The van der Waals surface area contributed by atoms with Crippen LogP contribution in [0.4, 0.5) is 0 Å². The Balaban J connectivity index is 1.46. The molecular formula is C22H22N4O2. The van der Waals surface area contributed by atoms with E-state index in [0.29, 0.717) is 19.8 Å².